The molecule has 0 spiro atoms. The van der Waals surface area contributed by atoms with E-state index in [1.165, 1.54) is 0 Å². The number of hydrogen-bond donors (Lipinski definition) is 1. The van der Waals surface area contributed by atoms with Crippen LogP contribution < -0.4 is 10.1 Å². The number of rotatable bonds is 4. The van der Waals surface area contributed by atoms with Gasteiger partial charge >= 0.3 is 0 Å². The fraction of sp³-hybridized carbons (Fsp3) is 0.167. The summed E-state index contributed by atoms with van der Waals surface area (Å²) in [7, 11) is 0. The van der Waals surface area contributed by atoms with Crippen molar-refractivity contribution in [3.05, 3.63) is 41.1 Å². The largest absolute Gasteiger partial charge is 0.494 e. The van der Waals surface area contributed by atoms with E-state index in [0.717, 1.165) is 15.9 Å². The van der Waals surface area contributed by atoms with Gasteiger partial charge < -0.3 is 10.1 Å². The molecular weight excluding hydrogens is 282 g/mol. The predicted octanol–water partition coefficient (Wildman–Crippen LogP) is 3.38. The van der Waals surface area contributed by atoms with Crippen molar-refractivity contribution in [3.63, 3.8) is 0 Å². The average molecular weight is 294 g/mol. The molecule has 1 aromatic heterocycles. The van der Waals surface area contributed by atoms with Crippen LogP contribution in [-0.4, -0.2) is 16.6 Å². The zero-order valence-corrected chi connectivity index (χ0v) is 10.9. The molecule has 0 fully saturated rings. The van der Waals surface area contributed by atoms with Crippen molar-refractivity contribution >= 4 is 27.6 Å². The van der Waals surface area contributed by atoms with Crippen molar-refractivity contribution in [1.29, 1.82) is 0 Å². The Kier molecular flexibility index (Phi) is 3.93. The second-order valence-corrected chi connectivity index (χ2v) is 4.23. The van der Waals surface area contributed by atoms with Crippen LogP contribution in [0.3, 0.4) is 0 Å². The molecule has 0 aliphatic rings. The summed E-state index contributed by atoms with van der Waals surface area (Å²) >= 11 is 3.29. The minimum atomic E-state index is 0.557. The zero-order valence-electron chi connectivity index (χ0n) is 9.35. The third-order valence-corrected chi connectivity index (χ3v) is 2.43. The number of nitrogens with one attached hydrogen (secondary N) is 1. The van der Waals surface area contributed by atoms with E-state index in [2.05, 4.69) is 31.2 Å². The van der Waals surface area contributed by atoms with Crippen LogP contribution in [0.2, 0.25) is 0 Å². The van der Waals surface area contributed by atoms with Crippen LogP contribution in [0.5, 0.6) is 5.75 Å². The lowest BCUT2D eigenvalue weighted by Crippen LogP contribution is -1.97. The Morgan fingerprint density at radius 1 is 1.29 bits per heavy atom. The molecule has 2 aromatic rings. The van der Waals surface area contributed by atoms with Gasteiger partial charge in [-0.05, 0) is 35.0 Å². The van der Waals surface area contributed by atoms with Crippen molar-refractivity contribution < 1.29 is 4.74 Å². The van der Waals surface area contributed by atoms with Gasteiger partial charge in [0.2, 0.25) is 5.95 Å². The first-order chi connectivity index (χ1) is 8.28. The Morgan fingerprint density at radius 2 is 2.06 bits per heavy atom. The van der Waals surface area contributed by atoms with E-state index < -0.39 is 0 Å². The van der Waals surface area contributed by atoms with Crippen LogP contribution in [-0.2, 0) is 0 Å². The fourth-order valence-corrected chi connectivity index (χ4v) is 1.54. The summed E-state index contributed by atoms with van der Waals surface area (Å²) in [5, 5.41) is 3.11. The predicted molar refractivity (Wildman–Crippen MR) is 70.6 cm³/mol. The lowest BCUT2D eigenvalue weighted by Gasteiger charge is -2.07. The summed E-state index contributed by atoms with van der Waals surface area (Å²) < 4.78 is 6.27. The molecule has 88 valence electrons. The molecular formula is C12H12BrN3O. The van der Waals surface area contributed by atoms with E-state index in [1.807, 2.05) is 31.2 Å². The van der Waals surface area contributed by atoms with E-state index in [0.29, 0.717) is 12.6 Å². The summed E-state index contributed by atoms with van der Waals surface area (Å²) in [5.41, 5.74) is 0.901. The van der Waals surface area contributed by atoms with Crippen LogP contribution in [0.25, 0.3) is 0 Å². The Bertz CT molecular complexity index is 487. The molecule has 0 saturated carbocycles. The number of benzene rings is 1. The third-order valence-electron chi connectivity index (χ3n) is 2.02. The number of halogens is 1. The summed E-state index contributed by atoms with van der Waals surface area (Å²) in [5.74, 6) is 1.39. The van der Waals surface area contributed by atoms with Gasteiger partial charge in [-0.15, -0.1) is 0 Å². The first kappa shape index (κ1) is 11.9. The molecule has 17 heavy (non-hydrogen) atoms. The lowest BCUT2D eigenvalue weighted by molar-refractivity contribution is 0.340. The SMILES string of the molecule is CCOc1cccc(Nc2ncc(Br)cn2)c1. The van der Waals surface area contributed by atoms with Crippen LogP contribution in [0.1, 0.15) is 6.92 Å². The van der Waals surface area contributed by atoms with Gasteiger partial charge in [0.1, 0.15) is 5.75 Å². The molecule has 0 bridgehead atoms. The van der Waals surface area contributed by atoms with Gasteiger partial charge in [0, 0.05) is 24.1 Å². The van der Waals surface area contributed by atoms with Crippen molar-refractivity contribution in [2.75, 3.05) is 11.9 Å². The third kappa shape index (κ3) is 3.42. The van der Waals surface area contributed by atoms with E-state index >= 15 is 0 Å². The van der Waals surface area contributed by atoms with Gasteiger partial charge in [0.15, 0.2) is 0 Å². The van der Waals surface area contributed by atoms with Gasteiger partial charge in [-0.1, -0.05) is 6.07 Å². The second-order valence-electron chi connectivity index (χ2n) is 3.31. The van der Waals surface area contributed by atoms with Gasteiger partial charge in [0.05, 0.1) is 11.1 Å². The Balaban J connectivity index is 2.12. The smallest absolute Gasteiger partial charge is 0.227 e. The van der Waals surface area contributed by atoms with Crippen LogP contribution in [0, 0.1) is 0 Å². The van der Waals surface area contributed by atoms with Crippen LogP contribution >= 0.6 is 15.9 Å². The molecule has 2 rings (SSSR count). The normalized spacial score (nSPS) is 10.0. The van der Waals surface area contributed by atoms with Crippen LogP contribution in [0.4, 0.5) is 11.6 Å². The number of ether oxygens (including phenoxy) is 1. The number of nitrogens with zero attached hydrogens (tertiary/aromatic N) is 2. The highest BCUT2D eigenvalue weighted by atomic mass is 79.9. The maximum atomic E-state index is 5.42. The van der Waals surface area contributed by atoms with Crippen molar-refractivity contribution in [2.24, 2.45) is 0 Å². The molecule has 1 aromatic carbocycles. The Hall–Kier alpha value is -1.62. The summed E-state index contributed by atoms with van der Waals surface area (Å²) in [6.07, 6.45) is 3.39. The number of hydrogen-bond acceptors (Lipinski definition) is 4. The summed E-state index contributed by atoms with van der Waals surface area (Å²) in [4.78, 5) is 8.28. The maximum absolute atomic E-state index is 5.42. The average Bonchev–Trinajstić information content (AvgIpc) is 2.33. The molecule has 0 aliphatic heterocycles. The molecule has 4 nitrogen and oxygen atoms in total. The maximum Gasteiger partial charge on any atom is 0.227 e. The highest BCUT2D eigenvalue weighted by Crippen LogP contribution is 2.19. The highest BCUT2D eigenvalue weighted by Gasteiger charge is 1.99. The minimum Gasteiger partial charge on any atom is -0.494 e. The molecule has 0 radical (unpaired) electrons. The molecule has 0 amide bonds. The zero-order chi connectivity index (χ0) is 12.1. The molecule has 0 aliphatic carbocycles. The van der Waals surface area contributed by atoms with Crippen molar-refractivity contribution in [3.8, 4) is 5.75 Å². The van der Waals surface area contributed by atoms with Gasteiger partial charge in [-0.25, -0.2) is 9.97 Å². The lowest BCUT2D eigenvalue weighted by atomic mass is 10.3. The number of aromatic nitrogens is 2. The monoisotopic (exact) mass is 293 g/mol. The summed E-state index contributed by atoms with van der Waals surface area (Å²) in [6, 6.07) is 7.69. The van der Waals surface area contributed by atoms with Crippen molar-refractivity contribution in [1.82, 2.24) is 9.97 Å². The van der Waals surface area contributed by atoms with E-state index in [1.54, 1.807) is 12.4 Å². The topological polar surface area (TPSA) is 47.0 Å². The first-order valence-corrected chi connectivity index (χ1v) is 6.04. The molecule has 0 atom stereocenters. The highest BCUT2D eigenvalue weighted by molar-refractivity contribution is 9.10. The van der Waals surface area contributed by atoms with Gasteiger partial charge in [-0.3, -0.25) is 0 Å². The molecule has 5 heteroatoms. The Morgan fingerprint density at radius 3 is 2.76 bits per heavy atom. The van der Waals surface area contributed by atoms with Crippen molar-refractivity contribution in [2.45, 2.75) is 6.92 Å². The minimum absolute atomic E-state index is 0.557. The molecule has 1 N–H and O–H groups in total. The molecule has 1 heterocycles. The first-order valence-electron chi connectivity index (χ1n) is 5.25. The van der Waals surface area contributed by atoms with Crippen LogP contribution in [0.15, 0.2) is 41.1 Å². The molecule has 0 saturated heterocycles. The van der Waals surface area contributed by atoms with Gasteiger partial charge in [0.25, 0.3) is 0 Å². The number of anilines is 2. The molecule has 0 unspecified atom stereocenters. The fourth-order valence-electron chi connectivity index (χ4n) is 1.34. The van der Waals surface area contributed by atoms with Gasteiger partial charge in [-0.2, -0.15) is 0 Å². The summed E-state index contributed by atoms with van der Waals surface area (Å²) in [6.45, 7) is 2.61. The van der Waals surface area contributed by atoms with E-state index in [-0.39, 0.29) is 0 Å². The Labute approximate surface area is 108 Å². The van der Waals surface area contributed by atoms with E-state index in [9.17, 15) is 0 Å². The quantitative estimate of drug-likeness (QED) is 0.939. The second kappa shape index (κ2) is 5.63. The van der Waals surface area contributed by atoms with E-state index in [4.69, 9.17) is 4.74 Å². The standard InChI is InChI=1S/C12H12BrN3O/c1-2-17-11-5-3-4-10(6-11)16-12-14-7-9(13)8-15-12/h3-8H,2H2,1H3,(H,14,15,16).